The Kier molecular flexibility index (Phi) is 3.93. The van der Waals surface area contributed by atoms with E-state index in [0.29, 0.717) is 13.1 Å². The Balaban J connectivity index is 1.81. The predicted molar refractivity (Wildman–Crippen MR) is 68.2 cm³/mol. The summed E-state index contributed by atoms with van der Waals surface area (Å²) in [4.78, 5) is 10.1. The van der Waals surface area contributed by atoms with Crippen molar-refractivity contribution in [3.63, 3.8) is 0 Å². The quantitative estimate of drug-likeness (QED) is 0.619. The molecule has 1 aliphatic carbocycles. The van der Waals surface area contributed by atoms with Crippen molar-refractivity contribution in [3.05, 3.63) is 39.9 Å². The summed E-state index contributed by atoms with van der Waals surface area (Å²) in [7, 11) is 0. The maximum Gasteiger partial charge on any atom is 0.269 e. The first kappa shape index (κ1) is 13.0. The molecule has 0 radical (unpaired) electrons. The summed E-state index contributed by atoms with van der Waals surface area (Å²) < 4.78 is 0. The minimum absolute atomic E-state index is 0.105. The number of nitro groups is 1. The van der Waals surface area contributed by atoms with Crippen molar-refractivity contribution in [1.29, 1.82) is 0 Å². The summed E-state index contributed by atoms with van der Waals surface area (Å²) in [6.07, 6.45) is 3.91. The number of hydrogen-bond donors (Lipinski definition) is 2. The Morgan fingerprint density at radius 3 is 2.44 bits per heavy atom. The van der Waals surface area contributed by atoms with E-state index < -0.39 is 10.5 Å². The van der Waals surface area contributed by atoms with E-state index in [1.807, 2.05) is 0 Å². The molecular weight excluding hydrogens is 232 g/mol. The molecule has 1 fully saturated rings. The third-order valence-electron chi connectivity index (χ3n) is 3.46. The van der Waals surface area contributed by atoms with Gasteiger partial charge in [0.25, 0.3) is 5.69 Å². The van der Waals surface area contributed by atoms with Crippen LogP contribution >= 0.6 is 0 Å². The SMILES string of the molecule is O=[N+]([O-])c1ccc(CNCC2(O)CCCC2)cc1. The fraction of sp³-hybridized carbons (Fsp3) is 0.538. The molecule has 2 rings (SSSR count). The summed E-state index contributed by atoms with van der Waals surface area (Å²) in [6.45, 7) is 1.21. The number of rotatable bonds is 5. The minimum atomic E-state index is -0.555. The van der Waals surface area contributed by atoms with Crippen LogP contribution in [0.1, 0.15) is 31.2 Å². The van der Waals surface area contributed by atoms with Crippen molar-refractivity contribution in [3.8, 4) is 0 Å². The van der Waals surface area contributed by atoms with Crippen molar-refractivity contribution >= 4 is 5.69 Å². The van der Waals surface area contributed by atoms with Crippen LogP contribution in [0.15, 0.2) is 24.3 Å². The van der Waals surface area contributed by atoms with E-state index in [0.717, 1.165) is 31.2 Å². The molecule has 2 N–H and O–H groups in total. The van der Waals surface area contributed by atoms with Crippen molar-refractivity contribution in [2.75, 3.05) is 6.54 Å². The first-order valence-corrected chi connectivity index (χ1v) is 6.26. The summed E-state index contributed by atoms with van der Waals surface area (Å²) in [5.74, 6) is 0. The lowest BCUT2D eigenvalue weighted by Gasteiger charge is -2.22. The van der Waals surface area contributed by atoms with E-state index in [-0.39, 0.29) is 5.69 Å². The molecule has 0 amide bonds. The number of non-ortho nitro benzene ring substituents is 1. The lowest BCUT2D eigenvalue weighted by atomic mass is 10.0. The highest BCUT2D eigenvalue weighted by Crippen LogP contribution is 2.28. The molecule has 1 saturated carbocycles. The monoisotopic (exact) mass is 250 g/mol. The van der Waals surface area contributed by atoms with Gasteiger partial charge >= 0.3 is 0 Å². The van der Waals surface area contributed by atoms with E-state index in [9.17, 15) is 15.2 Å². The van der Waals surface area contributed by atoms with Crippen LogP contribution < -0.4 is 5.32 Å². The molecular formula is C13H18N2O3. The van der Waals surface area contributed by atoms with Crippen molar-refractivity contribution in [1.82, 2.24) is 5.32 Å². The maximum atomic E-state index is 10.5. The number of nitro benzene ring substituents is 1. The first-order valence-electron chi connectivity index (χ1n) is 6.26. The number of benzene rings is 1. The third kappa shape index (κ3) is 3.27. The number of nitrogens with zero attached hydrogens (tertiary/aromatic N) is 1. The van der Waals surface area contributed by atoms with Gasteiger partial charge in [-0.15, -0.1) is 0 Å². The van der Waals surface area contributed by atoms with Gasteiger partial charge < -0.3 is 10.4 Å². The van der Waals surface area contributed by atoms with Gasteiger partial charge in [0.1, 0.15) is 0 Å². The standard InChI is InChI=1S/C13H18N2O3/c16-13(7-1-2-8-13)10-14-9-11-3-5-12(6-4-11)15(17)18/h3-6,14,16H,1-2,7-10H2. The second kappa shape index (κ2) is 5.46. The summed E-state index contributed by atoms with van der Waals surface area (Å²) >= 11 is 0. The van der Waals surface area contributed by atoms with Gasteiger partial charge in [-0.3, -0.25) is 10.1 Å². The highest BCUT2D eigenvalue weighted by molar-refractivity contribution is 5.32. The molecule has 1 aromatic carbocycles. The van der Waals surface area contributed by atoms with Crippen LogP contribution in [-0.2, 0) is 6.54 Å². The molecule has 0 aromatic heterocycles. The maximum absolute atomic E-state index is 10.5. The topological polar surface area (TPSA) is 75.4 Å². The summed E-state index contributed by atoms with van der Waals surface area (Å²) in [5, 5.41) is 23.8. The third-order valence-corrected chi connectivity index (χ3v) is 3.46. The van der Waals surface area contributed by atoms with Gasteiger partial charge in [-0.05, 0) is 18.4 Å². The molecule has 98 valence electrons. The van der Waals surface area contributed by atoms with Crippen molar-refractivity contribution in [2.45, 2.75) is 37.8 Å². The van der Waals surface area contributed by atoms with Gasteiger partial charge in [0, 0.05) is 25.2 Å². The van der Waals surface area contributed by atoms with E-state index in [1.165, 1.54) is 12.1 Å². The van der Waals surface area contributed by atoms with Crippen LogP contribution in [0.3, 0.4) is 0 Å². The molecule has 0 spiro atoms. The predicted octanol–water partition coefficient (Wildman–Crippen LogP) is 1.99. The molecule has 0 atom stereocenters. The zero-order valence-corrected chi connectivity index (χ0v) is 10.3. The molecule has 0 aliphatic heterocycles. The Labute approximate surface area is 106 Å². The lowest BCUT2D eigenvalue weighted by molar-refractivity contribution is -0.384. The number of hydrogen-bond acceptors (Lipinski definition) is 4. The summed E-state index contributed by atoms with van der Waals surface area (Å²) in [6, 6.07) is 6.48. The van der Waals surface area contributed by atoms with Crippen LogP contribution in [-0.4, -0.2) is 22.2 Å². The molecule has 18 heavy (non-hydrogen) atoms. The molecule has 0 saturated heterocycles. The zero-order chi connectivity index (χ0) is 13.0. The Hall–Kier alpha value is -1.46. The molecule has 5 nitrogen and oxygen atoms in total. The smallest absolute Gasteiger partial charge is 0.269 e. The first-order chi connectivity index (χ1) is 8.59. The van der Waals surface area contributed by atoms with Crippen LogP contribution in [0.2, 0.25) is 0 Å². The Morgan fingerprint density at radius 2 is 1.89 bits per heavy atom. The fourth-order valence-corrected chi connectivity index (χ4v) is 2.38. The van der Waals surface area contributed by atoms with Crippen molar-refractivity contribution in [2.24, 2.45) is 0 Å². The van der Waals surface area contributed by atoms with Gasteiger partial charge in [0.05, 0.1) is 10.5 Å². The number of nitrogens with one attached hydrogen (secondary N) is 1. The second-order valence-corrected chi connectivity index (χ2v) is 4.96. The van der Waals surface area contributed by atoms with Crippen molar-refractivity contribution < 1.29 is 10.0 Å². The minimum Gasteiger partial charge on any atom is -0.389 e. The molecule has 5 heteroatoms. The molecule has 1 aromatic rings. The Bertz CT molecular complexity index is 411. The average Bonchev–Trinajstić information content (AvgIpc) is 2.77. The van der Waals surface area contributed by atoms with E-state index in [1.54, 1.807) is 12.1 Å². The largest absolute Gasteiger partial charge is 0.389 e. The molecule has 0 bridgehead atoms. The van der Waals surface area contributed by atoms with Crippen LogP contribution in [0, 0.1) is 10.1 Å². The molecule has 0 heterocycles. The highest BCUT2D eigenvalue weighted by atomic mass is 16.6. The van der Waals surface area contributed by atoms with E-state index in [4.69, 9.17) is 0 Å². The van der Waals surface area contributed by atoms with Crippen LogP contribution in [0.4, 0.5) is 5.69 Å². The van der Waals surface area contributed by atoms with E-state index in [2.05, 4.69) is 5.32 Å². The van der Waals surface area contributed by atoms with Gasteiger partial charge in [-0.25, -0.2) is 0 Å². The van der Waals surface area contributed by atoms with E-state index >= 15 is 0 Å². The Morgan fingerprint density at radius 1 is 1.28 bits per heavy atom. The fourth-order valence-electron chi connectivity index (χ4n) is 2.38. The second-order valence-electron chi connectivity index (χ2n) is 4.96. The summed E-state index contributed by atoms with van der Waals surface area (Å²) in [5.41, 5.74) is 0.538. The number of aliphatic hydroxyl groups is 1. The van der Waals surface area contributed by atoms with Crippen LogP contribution in [0.25, 0.3) is 0 Å². The highest BCUT2D eigenvalue weighted by Gasteiger charge is 2.30. The average molecular weight is 250 g/mol. The lowest BCUT2D eigenvalue weighted by Crippen LogP contribution is -2.37. The van der Waals surface area contributed by atoms with Gasteiger partial charge in [-0.2, -0.15) is 0 Å². The zero-order valence-electron chi connectivity index (χ0n) is 10.3. The van der Waals surface area contributed by atoms with Gasteiger partial charge in [0.2, 0.25) is 0 Å². The molecule has 0 unspecified atom stereocenters. The van der Waals surface area contributed by atoms with Gasteiger partial charge in [-0.1, -0.05) is 25.0 Å². The van der Waals surface area contributed by atoms with Gasteiger partial charge in [0.15, 0.2) is 0 Å². The molecule has 1 aliphatic rings. The normalized spacial score (nSPS) is 17.8. The van der Waals surface area contributed by atoms with Crippen LogP contribution in [0.5, 0.6) is 0 Å².